The second-order valence-electron chi connectivity index (χ2n) is 5.98. The summed E-state index contributed by atoms with van der Waals surface area (Å²) in [5, 5.41) is 2.97. The van der Waals surface area contributed by atoms with Crippen LogP contribution < -0.4 is 10.2 Å². The molecule has 0 bridgehead atoms. The molecule has 0 aliphatic rings. The fraction of sp³-hybridized carbons (Fsp3) is 0.562. The smallest absolute Gasteiger partial charge is 0.321 e. The summed E-state index contributed by atoms with van der Waals surface area (Å²) in [4.78, 5) is 16.0. The minimum atomic E-state index is -0.924. The molecular weight excluding hydrogens is 298 g/mol. The lowest BCUT2D eigenvalue weighted by Gasteiger charge is -2.26. The number of hydrogen-bond donors (Lipinski definition) is 1. The average molecular weight is 325 g/mol. The van der Waals surface area contributed by atoms with Gasteiger partial charge in [0.05, 0.1) is 0 Å². The Hall–Kier alpha value is -1.56. The molecule has 0 aromatic heterocycles. The number of carbonyl (C=O) groups excluding carboxylic acids is 1. The van der Waals surface area contributed by atoms with Gasteiger partial charge in [0, 0.05) is 61.4 Å². The SMILES string of the molecule is Cc1cc(N(C)C)cc(C)c1NC(=O)N(C)[C@H](C)C[S@](C)=O. The van der Waals surface area contributed by atoms with Crippen molar-refractivity contribution in [1.29, 1.82) is 0 Å². The molecule has 0 radical (unpaired) electrons. The minimum absolute atomic E-state index is 0.0764. The lowest BCUT2D eigenvalue weighted by Crippen LogP contribution is -2.41. The van der Waals surface area contributed by atoms with Crippen LogP contribution in [-0.4, -0.2) is 54.3 Å². The zero-order valence-electron chi connectivity index (χ0n) is 14.6. The zero-order valence-corrected chi connectivity index (χ0v) is 15.4. The quantitative estimate of drug-likeness (QED) is 0.905. The van der Waals surface area contributed by atoms with Gasteiger partial charge in [-0.3, -0.25) is 4.21 Å². The van der Waals surface area contributed by atoms with Crippen molar-refractivity contribution in [3.05, 3.63) is 23.3 Å². The molecule has 0 aliphatic heterocycles. The van der Waals surface area contributed by atoms with Crippen molar-refractivity contribution in [2.75, 3.05) is 43.4 Å². The number of rotatable bonds is 5. The van der Waals surface area contributed by atoms with Gasteiger partial charge in [0.2, 0.25) is 0 Å². The van der Waals surface area contributed by atoms with Gasteiger partial charge in [-0.05, 0) is 44.0 Å². The summed E-state index contributed by atoms with van der Waals surface area (Å²) in [5.41, 5.74) is 4.00. The second kappa shape index (κ2) is 7.63. The number of urea groups is 1. The number of carbonyl (C=O) groups is 1. The van der Waals surface area contributed by atoms with Crippen molar-refractivity contribution in [3.8, 4) is 0 Å². The van der Waals surface area contributed by atoms with Gasteiger partial charge in [0.15, 0.2) is 0 Å². The summed E-state index contributed by atoms with van der Waals surface area (Å²) < 4.78 is 11.3. The van der Waals surface area contributed by atoms with Crippen LogP contribution in [0.1, 0.15) is 18.1 Å². The van der Waals surface area contributed by atoms with E-state index < -0.39 is 10.8 Å². The van der Waals surface area contributed by atoms with E-state index in [1.165, 1.54) is 0 Å². The van der Waals surface area contributed by atoms with E-state index in [1.807, 2.05) is 51.9 Å². The van der Waals surface area contributed by atoms with Crippen LogP contribution in [0.4, 0.5) is 16.2 Å². The molecular formula is C16H27N3O2S. The van der Waals surface area contributed by atoms with Crippen molar-refractivity contribution >= 4 is 28.2 Å². The predicted octanol–water partition coefficient (Wildman–Crippen LogP) is 2.60. The van der Waals surface area contributed by atoms with Gasteiger partial charge in [-0.15, -0.1) is 0 Å². The molecule has 22 heavy (non-hydrogen) atoms. The molecule has 0 heterocycles. The van der Waals surface area contributed by atoms with Crippen LogP contribution in [0.3, 0.4) is 0 Å². The van der Waals surface area contributed by atoms with Crippen molar-refractivity contribution in [2.45, 2.75) is 26.8 Å². The largest absolute Gasteiger partial charge is 0.378 e. The van der Waals surface area contributed by atoms with Crippen LogP contribution in [0.2, 0.25) is 0 Å². The first-order chi connectivity index (χ1) is 10.1. The molecule has 0 aliphatic carbocycles. The highest BCUT2D eigenvalue weighted by atomic mass is 32.2. The van der Waals surface area contributed by atoms with E-state index in [4.69, 9.17) is 0 Å². The maximum Gasteiger partial charge on any atom is 0.321 e. The Kier molecular flexibility index (Phi) is 6.41. The molecule has 5 nitrogen and oxygen atoms in total. The summed E-state index contributed by atoms with van der Waals surface area (Å²) in [6.07, 6.45) is 1.65. The molecule has 1 N–H and O–H groups in total. The summed E-state index contributed by atoms with van der Waals surface area (Å²) in [7, 11) is 4.79. The van der Waals surface area contributed by atoms with Crippen LogP contribution >= 0.6 is 0 Å². The fourth-order valence-corrected chi connectivity index (χ4v) is 3.15. The molecule has 1 rings (SSSR count). The van der Waals surface area contributed by atoms with E-state index in [1.54, 1.807) is 18.2 Å². The van der Waals surface area contributed by atoms with Gasteiger partial charge in [-0.25, -0.2) is 4.79 Å². The minimum Gasteiger partial charge on any atom is -0.378 e. The van der Waals surface area contributed by atoms with Crippen LogP contribution in [0.15, 0.2) is 12.1 Å². The molecule has 0 saturated heterocycles. The van der Waals surface area contributed by atoms with Crippen LogP contribution in [0.5, 0.6) is 0 Å². The maximum atomic E-state index is 12.4. The average Bonchev–Trinajstić information content (AvgIpc) is 2.40. The number of aryl methyl sites for hydroxylation is 2. The van der Waals surface area contributed by atoms with E-state index in [9.17, 15) is 9.00 Å². The van der Waals surface area contributed by atoms with Gasteiger partial charge in [-0.2, -0.15) is 0 Å². The van der Waals surface area contributed by atoms with Crippen LogP contribution in [0.25, 0.3) is 0 Å². The zero-order chi connectivity index (χ0) is 17.0. The van der Waals surface area contributed by atoms with Crippen LogP contribution in [0, 0.1) is 13.8 Å². The Morgan fingerprint density at radius 1 is 1.23 bits per heavy atom. The number of nitrogens with zero attached hydrogens (tertiary/aromatic N) is 2. The Labute approximate surface area is 136 Å². The van der Waals surface area contributed by atoms with Crippen molar-refractivity contribution < 1.29 is 9.00 Å². The third-order valence-corrected chi connectivity index (χ3v) is 4.68. The number of anilines is 2. The fourth-order valence-electron chi connectivity index (χ4n) is 2.24. The molecule has 6 heteroatoms. The Bertz CT molecular complexity index is 550. The molecule has 0 spiro atoms. The number of amides is 2. The lowest BCUT2D eigenvalue weighted by atomic mass is 10.1. The molecule has 2 atom stereocenters. The van der Waals surface area contributed by atoms with Crippen molar-refractivity contribution in [2.24, 2.45) is 0 Å². The molecule has 1 aromatic carbocycles. The first kappa shape index (κ1) is 18.5. The molecule has 0 unspecified atom stereocenters. The molecule has 124 valence electrons. The first-order valence-electron chi connectivity index (χ1n) is 7.26. The Morgan fingerprint density at radius 3 is 2.14 bits per heavy atom. The lowest BCUT2D eigenvalue weighted by molar-refractivity contribution is 0.212. The number of hydrogen-bond acceptors (Lipinski definition) is 3. The second-order valence-corrected chi connectivity index (χ2v) is 7.46. The van der Waals surface area contributed by atoms with E-state index in [0.717, 1.165) is 22.5 Å². The number of benzene rings is 1. The van der Waals surface area contributed by atoms with Crippen molar-refractivity contribution in [1.82, 2.24) is 4.90 Å². The van der Waals surface area contributed by atoms with E-state index in [0.29, 0.717) is 5.75 Å². The van der Waals surface area contributed by atoms with Gasteiger partial charge >= 0.3 is 6.03 Å². The van der Waals surface area contributed by atoms with E-state index in [2.05, 4.69) is 5.32 Å². The highest BCUT2D eigenvalue weighted by molar-refractivity contribution is 7.84. The van der Waals surface area contributed by atoms with Gasteiger partial charge in [-0.1, -0.05) is 0 Å². The topological polar surface area (TPSA) is 52.7 Å². The third kappa shape index (κ3) is 4.73. The Morgan fingerprint density at radius 2 is 1.73 bits per heavy atom. The highest BCUT2D eigenvalue weighted by Gasteiger charge is 2.18. The summed E-state index contributed by atoms with van der Waals surface area (Å²) in [6, 6.07) is 3.84. The molecule has 1 aromatic rings. The highest BCUT2D eigenvalue weighted by Crippen LogP contribution is 2.26. The summed E-state index contributed by atoms with van der Waals surface area (Å²) in [6.45, 7) is 5.87. The van der Waals surface area contributed by atoms with E-state index in [-0.39, 0.29) is 12.1 Å². The standard InChI is InChI=1S/C16H27N3O2S/c1-11-8-14(18(4)5)9-12(2)15(11)17-16(20)19(6)13(3)10-22(7)21/h8-9,13H,10H2,1-7H3,(H,17,20)/t13-,22+/m1/s1. The van der Waals surface area contributed by atoms with Crippen LogP contribution in [-0.2, 0) is 10.8 Å². The van der Waals surface area contributed by atoms with E-state index >= 15 is 0 Å². The molecule has 0 saturated carbocycles. The first-order valence-corrected chi connectivity index (χ1v) is 8.98. The normalized spacial score (nSPS) is 13.4. The molecule has 0 fully saturated rings. The molecule has 2 amide bonds. The monoisotopic (exact) mass is 325 g/mol. The van der Waals surface area contributed by atoms with Crippen molar-refractivity contribution in [3.63, 3.8) is 0 Å². The summed E-state index contributed by atoms with van der Waals surface area (Å²) >= 11 is 0. The van der Waals surface area contributed by atoms with Gasteiger partial charge in [0.1, 0.15) is 0 Å². The predicted molar refractivity (Wildman–Crippen MR) is 95.4 cm³/mol. The Balaban J connectivity index is 2.90. The maximum absolute atomic E-state index is 12.4. The summed E-state index contributed by atoms with van der Waals surface area (Å²) in [5.74, 6) is 0.474. The third-order valence-electron chi connectivity index (χ3n) is 3.72. The van der Waals surface area contributed by atoms with Gasteiger partial charge in [0.25, 0.3) is 0 Å². The number of nitrogens with one attached hydrogen (secondary N) is 1. The van der Waals surface area contributed by atoms with Gasteiger partial charge < -0.3 is 15.1 Å².